The largest absolute Gasteiger partial charge is 0.481 e. The van der Waals surface area contributed by atoms with E-state index in [1.165, 1.54) is 0 Å². The summed E-state index contributed by atoms with van der Waals surface area (Å²) in [5.41, 5.74) is -0.789. The number of amides is 2. The summed E-state index contributed by atoms with van der Waals surface area (Å²) in [7, 11) is 1.59. The Balaban J connectivity index is 2.59. The standard InChI is InChI=1S/C13H24N2O4/c1-4-13(11(16)17)6-5-7-15(9-13)12(18)14-8-10(2)19-3/h10H,4-9H2,1-3H3,(H,14,18)(H,16,17). The van der Waals surface area contributed by atoms with Crippen molar-refractivity contribution < 1.29 is 19.4 Å². The van der Waals surface area contributed by atoms with Gasteiger partial charge in [-0.25, -0.2) is 4.79 Å². The van der Waals surface area contributed by atoms with Gasteiger partial charge in [0.1, 0.15) is 0 Å². The van der Waals surface area contributed by atoms with Gasteiger partial charge in [-0.3, -0.25) is 4.79 Å². The minimum Gasteiger partial charge on any atom is -0.481 e. The number of carboxylic acid groups (broad SMARTS) is 1. The minimum atomic E-state index is -0.808. The van der Waals surface area contributed by atoms with E-state index >= 15 is 0 Å². The van der Waals surface area contributed by atoms with Crippen LogP contribution in [0.3, 0.4) is 0 Å². The lowest BCUT2D eigenvalue weighted by Crippen LogP contribution is -2.53. The number of rotatable bonds is 5. The predicted molar refractivity (Wildman–Crippen MR) is 71.0 cm³/mol. The van der Waals surface area contributed by atoms with E-state index in [4.69, 9.17) is 4.74 Å². The number of ether oxygens (including phenoxy) is 1. The molecule has 0 bridgehead atoms. The van der Waals surface area contributed by atoms with Crippen molar-refractivity contribution in [2.45, 2.75) is 39.2 Å². The predicted octanol–water partition coefficient (Wildman–Crippen LogP) is 1.31. The van der Waals surface area contributed by atoms with Crippen molar-refractivity contribution in [2.75, 3.05) is 26.7 Å². The van der Waals surface area contributed by atoms with Crippen molar-refractivity contribution in [3.05, 3.63) is 0 Å². The molecule has 110 valence electrons. The molecule has 2 unspecified atom stereocenters. The van der Waals surface area contributed by atoms with Gasteiger partial charge in [0, 0.05) is 26.7 Å². The molecule has 0 aromatic heterocycles. The molecule has 1 aliphatic rings. The van der Waals surface area contributed by atoms with E-state index in [0.717, 1.165) is 6.42 Å². The maximum Gasteiger partial charge on any atom is 0.317 e. The molecule has 0 spiro atoms. The first-order chi connectivity index (χ1) is 8.95. The Morgan fingerprint density at radius 2 is 2.21 bits per heavy atom. The number of likely N-dealkylation sites (tertiary alicyclic amines) is 1. The Hall–Kier alpha value is -1.30. The van der Waals surface area contributed by atoms with Gasteiger partial charge in [0.05, 0.1) is 11.5 Å². The van der Waals surface area contributed by atoms with Gasteiger partial charge in [0.25, 0.3) is 0 Å². The Labute approximate surface area is 114 Å². The zero-order chi connectivity index (χ0) is 14.5. The molecule has 2 atom stereocenters. The molecule has 0 aliphatic carbocycles. The van der Waals surface area contributed by atoms with Gasteiger partial charge in [-0.1, -0.05) is 6.92 Å². The molecule has 0 saturated carbocycles. The van der Waals surface area contributed by atoms with E-state index in [2.05, 4.69) is 5.32 Å². The summed E-state index contributed by atoms with van der Waals surface area (Å²) in [6, 6.07) is -0.206. The van der Waals surface area contributed by atoms with Crippen molar-refractivity contribution in [3.8, 4) is 0 Å². The third kappa shape index (κ3) is 3.83. The molecule has 1 aliphatic heterocycles. The van der Waals surface area contributed by atoms with Gasteiger partial charge in [-0.2, -0.15) is 0 Å². The highest BCUT2D eigenvalue weighted by Crippen LogP contribution is 2.33. The normalized spacial score (nSPS) is 24.9. The lowest BCUT2D eigenvalue weighted by molar-refractivity contribution is -0.152. The van der Waals surface area contributed by atoms with E-state index < -0.39 is 11.4 Å². The molecule has 1 heterocycles. The number of hydrogen-bond acceptors (Lipinski definition) is 3. The van der Waals surface area contributed by atoms with Crippen molar-refractivity contribution >= 4 is 12.0 Å². The quantitative estimate of drug-likeness (QED) is 0.791. The molecule has 6 heteroatoms. The lowest BCUT2D eigenvalue weighted by atomic mass is 9.78. The molecule has 19 heavy (non-hydrogen) atoms. The van der Waals surface area contributed by atoms with Crippen LogP contribution in [-0.4, -0.2) is 54.9 Å². The number of nitrogens with zero attached hydrogens (tertiary/aromatic N) is 1. The van der Waals surface area contributed by atoms with Crippen molar-refractivity contribution in [1.82, 2.24) is 10.2 Å². The Kier molecular flexibility index (Phi) is 5.60. The topological polar surface area (TPSA) is 78.9 Å². The summed E-state index contributed by atoms with van der Waals surface area (Å²) < 4.78 is 5.06. The fraction of sp³-hybridized carbons (Fsp3) is 0.846. The van der Waals surface area contributed by atoms with E-state index in [1.54, 1.807) is 12.0 Å². The summed E-state index contributed by atoms with van der Waals surface area (Å²) >= 11 is 0. The summed E-state index contributed by atoms with van der Waals surface area (Å²) in [6.07, 6.45) is 1.86. The molecule has 1 rings (SSSR count). The first-order valence-electron chi connectivity index (χ1n) is 6.74. The fourth-order valence-electron chi connectivity index (χ4n) is 2.35. The average Bonchev–Trinajstić information content (AvgIpc) is 2.43. The van der Waals surface area contributed by atoms with Crippen LogP contribution in [-0.2, 0) is 9.53 Å². The van der Waals surface area contributed by atoms with E-state index in [-0.39, 0.29) is 18.7 Å². The number of aliphatic carboxylic acids is 1. The van der Waals surface area contributed by atoms with Crippen molar-refractivity contribution in [1.29, 1.82) is 0 Å². The summed E-state index contributed by atoms with van der Waals surface area (Å²) in [5, 5.41) is 12.1. The Morgan fingerprint density at radius 1 is 1.53 bits per heavy atom. The molecular formula is C13H24N2O4. The molecular weight excluding hydrogens is 248 g/mol. The van der Waals surface area contributed by atoms with Gasteiger partial charge in [-0.05, 0) is 26.2 Å². The number of methoxy groups -OCH3 is 1. The van der Waals surface area contributed by atoms with Crippen LogP contribution in [0.5, 0.6) is 0 Å². The van der Waals surface area contributed by atoms with Crippen LogP contribution in [0.1, 0.15) is 33.1 Å². The monoisotopic (exact) mass is 272 g/mol. The highest BCUT2D eigenvalue weighted by atomic mass is 16.5. The second-order valence-corrected chi connectivity index (χ2v) is 5.20. The molecule has 1 saturated heterocycles. The first kappa shape index (κ1) is 15.8. The van der Waals surface area contributed by atoms with Crippen LogP contribution in [0.25, 0.3) is 0 Å². The molecule has 6 nitrogen and oxygen atoms in total. The molecule has 0 aromatic rings. The highest BCUT2D eigenvalue weighted by Gasteiger charge is 2.42. The second-order valence-electron chi connectivity index (χ2n) is 5.20. The molecule has 2 amide bonds. The van der Waals surface area contributed by atoms with E-state index in [9.17, 15) is 14.7 Å². The van der Waals surface area contributed by atoms with Crippen LogP contribution in [0.4, 0.5) is 4.79 Å². The summed E-state index contributed by atoms with van der Waals surface area (Å²) in [4.78, 5) is 25.0. The van der Waals surface area contributed by atoms with Crippen LogP contribution < -0.4 is 5.32 Å². The second kappa shape index (κ2) is 6.75. The minimum absolute atomic E-state index is 0.0517. The maximum atomic E-state index is 12.0. The van der Waals surface area contributed by atoms with E-state index in [1.807, 2.05) is 13.8 Å². The van der Waals surface area contributed by atoms with Gasteiger partial charge in [0.15, 0.2) is 0 Å². The SMILES string of the molecule is CCC1(C(=O)O)CCCN(C(=O)NCC(C)OC)C1. The lowest BCUT2D eigenvalue weighted by Gasteiger charge is -2.39. The molecule has 2 N–H and O–H groups in total. The first-order valence-corrected chi connectivity index (χ1v) is 6.74. The number of carboxylic acids is 1. The fourth-order valence-corrected chi connectivity index (χ4v) is 2.35. The van der Waals surface area contributed by atoms with Crippen LogP contribution in [0, 0.1) is 5.41 Å². The summed E-state index contributed by atoms with van der Waals surface area (Å²) in [6.45, 7) is 5.05. The van der Waals surface area contributed by atoms with Gasteiger partial charge >= 0.3 is 12.0 Å². The Bertz CT molecular complexity index is 335. The highest BCUT2D eigenvalue weighted by molar-refractivity contribution is 5.78. The third-order valence-corrected chi connectivity index (χ3v) is 3.94. The third-order valence-electron chi connectivity index (χ3n) is 3.94. The number of nitrogens with one attached hydrogen (secondary N) is 1. The van der Waals surface area contributed by atoms with E-state index in [0.29, 0.717) is 25.9 Å². The van der Waals surface area contributed by atoms with Gasteiger partial charge in [-0.15, -0.1) is 0 Å². The number of carbonyl (C=O) groups is 2. The number of piperidine rings is 1. The average molecular weight is 272 g/mol. The smallest absolute Gasteiger partial charge is 0.317 e. The molecule has 0 aromatic carbocycles. The molecule has 0 radical (unpaired) electrons. The molecule has 1 fully saturated rings. The van der Waals surface area contributed by atoms with Crippen LogP contribution in [0.2, 0.25) is 0 Å². The Morgan fingerprint density at radius 3 is 2.74 bits per heavy atom. The zero-order valence-corrected chi connectivity index (χ0v) is 11.9. The van der Waals surface area contributed by atoms with Crippen LogP contribution >= 0.6 is 0 Å². The zero-order valence-electron chi connectivity index (χ0n) is 11.9. The number of urea groups is 1. The van der Waals surface area contributed by atoms with Crippen molar-refractivity contribution in [2.24, 2.45) is 5.41 Å². The summed E-state index contributed by atoms with van der Waals surface area (Å²) in [5.74, 6) is -0.808. The maximum absolute atomic E-state index is 12.0. The number of hydrogen-bond donors (Lipinski definition) is 2. The number of carbonyl (C=O) groups excluding carboxylic acids is 1. The van der Waals surface area contributed by atoms with Gasteiger partial charge < -0.3 is 20.1 Å². The van der Waals surface area contributed by atoms with Crippen molar-refractivity contribution in [3.63, 3.8) is 0 Å². The van der Waals surface area contributed by atoms with Gasteiger partial charge in [0.2, 0.25) is 0 Å². The van der Waals surface area contributed by atoms with Crippen LogP contribution in [0.15, 0.2) is 0 Å².